The van der Waals surface area contributed by atoms with Crippen LogP contribution in [0.3, 0.4) is 0 Å². The average Bonchev–Trinajstić information content (AvgIpc) is 3.19. The highest BCUT2D eigenvalue weighted by molar-refractivity contribution is 5.94. The van der Waals surface area contributed by atoms with E-state index in [1.807, 2.05) is 90.1 Å². The molecule has 0 aliphatic carbocycles. The SMILES string of the molecule is CC[C@H](C)[C@H](OC(=O)[C@H](Cc1ccc(C)cc1)N(C)C)C(=O)C[C@H](C(=O)N(C)[C@H](Cc1ccc(O)cc1)C(=O)N(C)[C@H](Cc1ccc(C)cc1)C(=O)OC)C(C)C. The minimum absolute atomic E-state index is 0.0500. The second-order valence-corrected chi connectivity index (χ2v) is 15.9. The van der Waals surface area contributed by atoms with Gasteiger partial charge in [0.2, 0.25) is 11.8 Å². The fraction of sp³-hybridized carbons (Fsp3) is 0.500. The standard InChI is InChI=1S/C46H63N3O8/c1-12-32(6)42(57-46(55)39(47(7)8)26-33-17-13-30(4)14-18-33)41(51)28-37(29(2)3)43(52)48(9)38(25-35-21-23-36(50)24-22-35)44(53)49(10)40(45(54)56-11)27-34-19-15-31(5)16-20-34/h13-24,29,32,37-40,42,50H,12,25-28H2,1-11H3/t32-,37-,38+,39-,40+,42-/m0/s1. The van der Waals surface area contributed by atoms with Gasteiger partial charge in [-0.25, -0.2) is 4.79 Å². The topological polar surface area (TPSA) is 134 Å². The van der Waals surface area contributed by atoms with Crippen molar-refractivity contribution in [1.29, 1.82) is 0 Å². The highest BCUT2D eigenvalue weighted by atomic mass is 16.5. The van der Waals surface area contributed by atoms with Crippen LogP contribution in [0, 0.1) is 31.6 Å². The molecule has 3 aromatic rings. The number of hydrogen-bond donors (Lipinski definition) is 1. The van der Waals surface area contributed by atoms with Crippen molar-refractivity contribution in [3.63, 3.8) is 0 Å². The second kappa shape index (κ2) is 21.5. The predicted octanol–water partition coefficient (Wildman–Crippen LogP) is 5.98. The molecule has 3 aromatic carbocycles. The smallest absolute Gasteiger partial charge is 0.328 e. The number of aryl methyl sites for hydroxylation is 2. The first-order chi connectivity index (χ1) is 26.9. The van der Waals surface area contributed by atoms with Crippen LogP contribution in [-0.4, -0.2) is 109 Å². The number of amides is 2. The van der Waals surface area contributed by atoms with E-state index in [9.17, 15) is 29.1 Å². The van der Waals surface area contributed by atoms with Crippen molar-refractivity contribution in [2.24, 2.45) is 17.8 Å². The lowest BCUT2D eigenvalue weighted by atomic mass is 9.85. The minimum atomic E-state index is -1.08. The molecule has 0 unspecified atom stereocenters. The Labute approximate surface area is 339 Å². The maximum atomic E-state index is 14.6. The summed E-state index contributed by atoms with van der Waals surface area (Å²) in [6.45, 7) is 11.4. The number of ketones is 1. The van der Waals surface area contributed by atoms with E-state index in [-0.39, 0.29) is 42.6 Å². The monoisotopic (exact) mass is 785 g/mol. The molecule has 0 bridgehead atoms. The molecule has 3 rings (SSSR count). The van der Waals surface area contributed by atoms with Crippen LogP contribution in [0.25, 0.3) is 0 Å². The van der Waals surface area contributed by atoms with Gasteiger partial charge in [0.05, 0.1) is 7.11 Å². The number of hydrogen-bond acceptors (Lipinski definition) is 9. The van der Waals surface area contributed by atoms with Crippen molar-refractivity contribution in [2.45, 2.75) is 97.9 Å². The molecule has 0 fully saturated rings. The minimum Gasteiger partial charge on any atom is -0.508 e. The number of aromatic hydroxyl groups is 1. The van der Waals surface area contributed by atoms with Gasteiger partial charge in [0.25, 0.3) is 0 Å². The Balaban J connectivity index is 1.93. The molecule has 0 heterocycles. The Hall–Kier alpha value is -5.03. The van der Waals surface area contributed by atoms with Crippen LogP contribution >= 0.6 is 0 Å². The fourth-order valence-corrected chi connectivity index (χ4v) is 6.79. The quantitative estimate of drug-likeness (QED) is 0.137. The molecule has 0 spiro atoms. The number of carbonyl (C=O) groups excluding carboxylic acids is 5. The normalized spacial score (nSPS) is 14.5. The lowest BCUT2D eigenvalue weighted by Crippen LogP contribution is -2.55. The summed E-state index contributed by atoms with van der Waals surface area (Å²) in [5.74, 6) is -3.85. The van der Waals surface area contributed by atoms with Gasteiger partial charge in [-0.1, -0.05) is 99.5 Å². The Morgan fingerprint density at radius 1 is 0.632 bits per heavy atom. The third kappa shape index (κ3) is 13.0. The number of likely N-dealkylation sites (N-methyl/N-ethyl adjacent to an activating group) is 3. The Bertz CT molecular complexity index is 1790. The molecule has 1 N–H and O–H groups in total. The molecule has 0 radical (unpaired) electrons. The first kappa shape index (κ1) is 46.4. The molecule has 0 aromatic heterocycles. The van der Waals surface area contributed by atoms with Gasteiger partial charge in [0.15, 0.2) is 11.9 Å². The lowest BCUT2D eigenvalue weighted by molar-refractivity contribution is -0.163. The number of carbonyl (C=O) groups is 5. The number of phenols is 1. The lowest BCUT2D eigenvalue weighted by Gasteiger charge is -2.36. The van der Waals surface area contributed by atoms with E-state index in [2.05, 4.69) is 0 Å². The van der Waals surface area contributed by atoms with Crippen molar-refractivity contribution < 1.29 is 38.6 Å². The van der Waals surface area contributed by atoms with Gasteiger partial charge >= 0.3 is 11.9 Å². The van der Waals surface area contributed by atoms with E-state index >= 15 is 0 Å². The van der Waals surface area contributed by atoms with E-state index in [1.54, 1.807) is 31.1 Å². The summed E-state index contributed by atoms with van der Waals surface area (Å²) in [4.78, 5) is 74.7. The number of methoxy groups -OCH3 is 1. The molecule has 0 saturated heterocycles. The van der Waals surface area contributed by atoms with E-state index in [0.717, 1.165) is 22.3 Å². The molecule has 0 aliphatic heterocycles. The van der Waals surface area contributed by atoms with Crippen LogP contribution in [0.1, 0.15) is 68.4 Å². The zero-order chi connectivity index (χ0) is 42.6. The zero-order valence-electron chi connectivity index (χ0n) is 35.7. The van der Waals surface area contributed by atoms with Gasteiger partial charge in [0.1, 0.15) is 23.9 Å². The molecule has 310 valence electrons. The van der Waals surface area contributed by atoms with Gasteiger partial charge < -0.3 is 24.4 Å². The molecule has 2 amide bonds. The van der Waals surface area contributed by atoms with Gasteiger partial charge in [-0.15, -0.1) is 0 Å². The van der Waals surface area contributed by atoms with Crippen LogP contribution in [-0.2, 0) is 52.7 Å². The maximum absolute atomic E-state index is 14.6. The summed E-state index contributed by atoms with van der Waals surface area (Å²) in [7, 11) is 7.92. The van der Waals surface area contributed by atoms with Gasteiger partial charge in [-0.3, -0.25) is 24.1 Å². The summed E-state index contributed by atoms with van der Waals surface area (Å²) in [5, 5.41) is 9.95. The first-order valence-electron chi connectivity index (χ1n) is 19.8. The number of rotatable bonds is 20. The van der Waals surface area contributed by atoms with E-state index in [4.69, 9.17) is 9.47 Å². The highest BCUT2D eigenvalue weighted by Gasteiger charge is 2.40. The van der Waals surface area contributed by atoms with E-state index in [0.29, 0.717) is 18.4 Å². The third-order valence-corrected chi connectivity index (χ3v) is 11.0. The van der Waals surface area contributed by atoms with Crippen molar-refractivity contribution in [3.8, 4) is 5.75 Å². The average molecular weight is 786 g/mol. The number of esters is 2. The van der Waals surface area contributed by atoms with Gasteiger partial charge in [0, 0.05) is 45.2 Å². The Morgan fingerprint density at radius 2 is 1.07 bits per heavy atom. The van der Waals surface area contributed by atoms with Crippen molar-refractivity contribution in [3.05, 3.63) is 101 Å². The van der Waals surface area contributed by atoms with Gasteiger partial charge in [-0.2, -0.15) is 0 Å². The predicted molar refractivity (Wildman–Crippen MR) is 221 cm³/mol. The summed E-state index contributed by atoms with van der Waals surface area (Å²) < 4.78 is 11.2. The van der Waals surface area contributed by atoms with E-state index in [1.165, 1.54) is 43.1 Å². The third-order valence-electron chi connectivity index (χ3n) is 11.0. The number of phenolic OH excluding ortho intramolecular Hbond substituents is 1. The number of nitrogens with zero attached hydrogens (tertiary/aromatic N) is 3. The van der Waals surface area contributed by atoms with Crippen LogP contribution in [0.15, 0.2) is 72.8 Å². The molecule has 6 atom stereocenters. The number of ether oxygens (including phenoxy) is 2. The maximum Gasteiger partial charge on any atom is 0.328 e. The molecular formula is C46H63N3O8. The summed E-state index contributed by atoms with van der Waals surface area (Å²) in [6.07, 6.45) is -0.0562. The summed E-state index contributed by atoms with van der Waals surface area (Å²) in [6, 6.07) is 19.2. The van der Waals surface area contributed by atoms with Gasteiger partial charge in [-0.05, 0) is 75.5 Å². The van der Waals surface area contributed by atoms with Crippen LogP contribution in [0.5, 0.6) is 5.75 Å². The number of Topliss-reactive ketones (excluding diaryl/α,β-unsaturated/α-hetero) is 1. The molecule has 0 saturated carbocycles. The van der Waals surface area contributed by atoms with Crippen molar-refractivity contribution >= 4 is 29.5 Å². The van der Waals surface area contributed by atoms with Crippen LogP contribution in [0.2, 0.25) is 0 Å². The molecule has 11 heteroatoms. The number of benzene rings is 3. The van der Waals surface area contributed by atoms with Crippen molar-refractivity contribution in [2.75, 3.05) is 35.3 Å². The summed E-state index contributed by atoms with van der Waals surface area (Å²) >= 11 is 0. The summed E-state index contributed by atoms with van der Waals surface area (Å²) in [5.41, 5.74) is 4.63. The fourth-order valence-electron chi connectivity index (χ4n) is 6.79. The molecule has 11 nitrogen and oxygen atoms in total. The molecular weight excluding hydrogens is 723 g/mol. The van der Waals surface area contributed by atoms with Crippen LogP contribution < -0.4 is 0 Å². The molecule has 0 aliphatic rings. The molecule has 57 heavy (non-hydrogen) atoms. The zero-order valence-corrected chi connectivity index (χ0v) is 35.7. The second-order valence-electron chi connectivity index (χ2n) is 15.9. The van der Waals surface area contributed by atoms with Crippen molar-refractivity contribution in [1.82, 2.24) is 14.7 Å². The van der Waals surface area contributed by atoms with Crippen LogP contribution in [0.4, 0.5) is 0 Å². The Morgan fingerprint density at radius 3 is 1.51 bits per heavy atom. The van der Waals surface area contributed by atoms with E-state index < -0.39 is 53.9 Å². The highest BCUT2D eigenvalue weighted by Crippen LogP contribution is 2.26. The largest absolute Gasteiger partial charge is 0.508 e. The first-order valence-corrected chi connectivity index (χ1v) is 19.8. The Kier molecular flexibility index (Phi) is 17.5.